The highest BCUT2D eigenvalue weighted by Gasteiger charge is 2.25. The number of alkyl carbamates (subject to hydrolysis) is 1. The highest BCUT2D eigenvalue weighted by atomic mass is 16.6. The number of hydrogen-bond acceptors (Lipinski definition) is 6. The van der Waals surface area contributed by atoms with E-state index in [4.69, 9.17) is 14.2 Å². The number of nitrogens with zero attached hydrogens (tertiary/aromatic N) is 1. The van der Waals surface area contributed by atoms with Crippen molar-refractivity contribution >= 4 is 12.1 Å². The molecule has 8 heteroatoms. The number of rotatable bonds is 7. The van der Waals surface area contributed by atoms with Crippen molar-refractivity contribution in [1.29, 1.82) is 0 Å². The Kier molecular flexibility index (Phi) is 7.44. The van der Waals surface area contributed by atoms with Crippen LogP contribution in [0.1, 0.15) is 32.4 Å². The SMILES string of the molecule is CC(C)(C)OC(=O)N[C@@H](C(=O)O)c1ccc(OCCN2CCOCC2)cc1. The van der Waals surface area contributed by atoms with Crippen molar-refractivity contribution in [3.05, 3.63) is 29.8 Å². The zero-order valence-corrected chi connectivity index (χ0v) is 16.1. The molecule has 0 aromatic heterocycles. The Morgan fingerprint density at radius 2 is 1.85 bits per heavy atom. The van der Waals surface area contributed by atoms with Gasteiger partial charge in [0.2, 0.25) is 0 Å². The molecule has 1 heterocycles. The Morgan fingerprint density at radius 3 is 2.41 bits per heavy atom. The molecule has 150 valence electrons. The van der Waals surface area contributed by atoms with Gasteiger partial charge in [-0.1, -0.05) is 12.1 Å². The van der Waals surface area contributed by atoms with Crippen molar-refractivity contribution in [1.82, 2.24) is 10.2 Å². The fraction of sp³-hybridized carbons (Fsp3) is 0.579. The second-order valence-corrected chi connectivity index (χ2v) is 7.29. The second-order valence-electron chi connectivity index (χ2n) is 7.29. The molecular weight excluding hydrogens is 352 g/mol. The van der Waals surface area contributed by atoms with Gasteiger partial charge in [-0.05, 0) is 38.5 Å². The lowest BCUT2D eigenvalue weighted by Gasteiger charge is -2.26. The summed E-state index contributed by atoms with van der Waals surface area (Å²) in [5, 5.41) is 11.8. The predicted molar refractivity (Wildman–Crippen MR) is 98.9 cm³/mol. The number of hydrogen-bond donors (Lipinski definition) is 2. The van der Waals surface area contributed by atoms with Gasteiger partial charge < -0.3 is 24.6 Å². The van der Waals surface area contributed by atoms with Crippen LogP contribution in [0.25, 0.3) is 0 Å². The molecule has 2 rings (SSSR count). The molecule has 0 radical (unpaired) electrons. The van der Waals surface area contributed by atoms with E-state index in [0.717, 1.165) is 32.8 Å². The lowest BCUT2D eigenvalue weighted by Crippen LogP contribution is -2.38. The standard InChI is InChI=1S/C19H28N2O6/c1-19(2,3)27-18(24)20-16(17(22)23)14-4-6-15(7-5-14)26-13-10-21-8-11-25-12-9-21/h4-7,16H,8-13H2,1-3H3,(H,20,24)(H,22,23)/t16-/m1/s1. The van der Waals surface area contributed by atoms with Gasteiger partial charge in [0.15, 0.2) is 6.04 Å². The first-order valence-electron chi connectivity index (χ1n) is 9.00. The summed E-state index contributed by atoms with van der Waals surface area (Å²) in [5.41, 5.74) is -0.264. The van der Waals surface area contributed by atoms with E-state index in [2.05, 4.69) is 10.2 Å². The predicted octanol–water partition coefficient (Wildman–Crippen LogP) is 2.05. The summed E-state index contributed by atoms with van der Waals surface area (Å²) in [6, 6.07) is 5.45. The molecule has 1 aliphatic rings. The van der Waals surface area contributed by atoms with Crippen molar-refractivity contribution in [3.8, 4) is 5.75 Å². The van der Waals surface area contributed by atoms with Crippen molar-refractivity contribution in [3.63, 3.8) is 0 Å². The van der Waals surface area contributed by atoms with Crippen LogP contribution < -0.4 is 10.1 Å². The number of carboxylic acid groups (broad SMARTS) is 1. The second kappa shape index (κ2) is 9.57. The molecule has 2 N–H and O–H groups in total. The average Bonchev–Trinajstić information content (AvgIpc) is 2.60. The van der Waals surface area contributed by atoms with Crippen LogP contribution in [-0.2, 0) is 14.3 Å². The van der Waals surface area contributed by atoms with Crippen molar-refractivity contribution in [2.45, 2.75) is 32.4 Å². The molecule has 1 aromatic carbocycles. The Balaban J connectivity index is 1.88. The third-order valence-corrected chi connectivity index (χ3v) is 3.90. The minimum absolute atomic E-state index is 0.439. The zero-order chi connectivity index (χ0) is 19.9. The molecule has 8 nitrogen and oxygen atoms in total. The van der Waals surface area contributed by atoms with Crippen molar-refractivity contribution in [2.24, 2.45) is 0 Å². The summed E-state index contributed by atoms with van der Waals surface area (Å²) < 4.78 is 16.1. The third kappa shape index (κ3) is 7.44. The molecule has 0 aliphatic carbocycles. The largest absolute Gasteiger partial charge is 0.492 e. The number of benzene rings is 1. The molecule has 0 unspecified atom stereocenters. The summed E-state index contributed by atoms with van der Waals surface area (Å²) in [6.45, 7) is 9.78. The number of carboxylic acids is 1. The maximum Gasteiger partial charge on any atom is 0.408 e. The van der Waals surface area contributed by atoms with Gasteiger partial charge in [-0.15, -0.1) is 0 Å². The lowest BCUT2D eigenvalue weighted by molar-refractivity contribution is -0.139. The molecule has 27 heavy (non-hydrogen) atoms. The highest BCUT2D eigenvalue weighted by Crippen LogP contribution is 2.19. The molecule has 1 aliphatic heterocycles. The van der Waals surface area contributed by atoms with Gasteiger partial charge in [-0.25, -0.2) is 9.59 Å². The van der Waals surface area contributed by atoms with E-state index < -0.39 is 23.7 Å². The van der Waals surface area contributed by atoms with Gasteiger partial charge in [0, 0.05) is 19.6 Å². The minimum atomic E-state index is -1.19. The van der Waals surface area contributed by atoms with E-state index in [1.807, 2.05) is 0 Å². The summed E-state index contributed by atoms with van der Waals surface area (Å²) in [5.74, 6) is -0.518. The van der Waals surface area contributed by atoms with Gasteiger partial charge >= 0.3 is 12.1 Å². The van der Waals surface area contributed by atoms with Gasteiger partial charge in [0.1, 0.15) is 18.0 Å². The summed E-state index contributed by atoms with van der Waals surface area (Å²) in [6.07, 6.45) is -0.777. The van der Waals surface area contributed by atoms with E-state index in [9.17, 15) is 14.7 Å². The highest BCUT2D eigenvalue weighted by molar-refractivity contribution is 5.81. The smallest absolute Gasteiger partial charge is 0.408 e. The average molecular weight is 380 g/mol. The van der Waals surface area contributed by atoms with Gasteiger partial charge in [-0.3, -0.25) is 4.90 Å². The number of aliphatic carboxylic acids is 1. The van der Waals surface area contributed by atoms with Crippen molar-refractivity contribution in [2.75, 3.05) is 39.5 Å². The molecule has 0 bridgehead atoms. The van der Waals surface area contributed by atoms with Gasteiger partial charge in [0.25, 0.3) is 0 Å². The third-order valence-electron chi connectivity index (χ3n) is 3.90. The van der Waals surface area contributed by atoms with Crippen LogP contribution in [0.5, 0.6) is 5.75 Å². The molecule has 1 atom stereocenters. The van der Waals surface area contributed by atoms with Crippen LogP contribution in [0.15, 0.2) is 24.3 Å². The number of nitrogens with one attached hydrogen (secondary N) is 1. The van der Waals surface area contributed by atoms with E-state index >= 15 is 0 Å². The number of amides is 1. The molecule has 1 fully saturated rings. The van der Waals surface area contributed by atoms with Crippen LogP contribution in [0.4, 0.5) is 4.79 Å². The first-order chi connectivity index (χ1) is 12.7. The normalized spacial score (nSPS) is 16.4. The van der Waals surface area contributed by atoms with E-state index in [1.165, 1.54) is 0 Å². The minimum Gasteiger partial charge on any atom is -0.492 e. The maximum absolute atomic E-state index is 11.9. The fourth-order valence-corrected chi connectivity index (χ4v) is 2.59. The number of ether oxygens (including phenoxy) is 3. The Hall–Kier alpha value is -2.32. The lowest BCUT2D eigenvalue weighted by atomic mass is 10.1. The van der Waals surface area contributed by atoms with Crippen LogP contribution in [0.2, 0.25) is 0 Å². The maximum atomic E-state index is 11.9. The van der Waals surface area contributed by atoms with Crippen LogP contribution >= 0.6 is 0 Å². The topological polar surface area (TPSA) is 97.3 Å². The summed E-state index contributed by atoms with van der Waals surface area (Å²) in [4.78, 5) is 25.7. The Bertz CT molecular complexity index is 620. The van der Waals surface area contributed by atoms with E-state index in [-0.39, 0.29) is 0 Å². The van der Waals surface area contributed by atoms with Crippen molar-refractivity contribution < 1.29 is 28.9 Å². The number of carbonyl (C=O) groups excluding carboxylic acids is 1. The number of carbonyl (C=O) groups is 2. The first-order valence-corrected chi connectivity index (χ1v) is 9.00. The molecule has 0 spiro atoms. The van der Waals surface area contributed by atoms with Crippen LogP contribution in [-0.4, -0.2) is 67.1 Å². The summed E-state index contributed by atoms with van der Waals surface area (Å²) >= 11 is 0. The van der Waals surface area contributed by atoms with Gasteiger partial charge in [0.05, 0.1) is 13.2 Å². The van der Waals surface area contributed by atoms with E-state index in [0.29, 0.717) is 17.9 Å². The molecule has 1 aromatic rings. The molecule has 1 amide bonds. The summed E-state index contributed by atoms with van der Waals surface area (Å²) in [7, 11) is 0. The number of morpholine rings is 1. The molecule has 1 saturated heterocycles. The molecular formula is C19H28N2O6. The Morgan fingerprint density at radius 1 is 1.22 bits per heavy atom. The quantitative estimate of drug-likeness (QED) is 0.747. The van der Waals surface area contributed by atoms with Gasteiger partial charge in [-0.2, -0.15) is 0 Å². The van der Waals surface area contributed by atoms with Crippen LogP contribution in [0, 0.1) is 0 Å². The first kappa shape index (κ1) is 21.0. The fourth-order valence-electron chi connectivity index (χ4n) is 2.59. The van der Waals surface area contributed by atoms with E-state index in [1.54, 1.807) is 45.0 Å². The van der Waals surface area contributed by atoms with Crippen LogP contribution in [0.3, 0.4) is 0 Å². The monoisotopic (exact) mass is 380 g/mol. The molecule has 0 saturated carbocycles. The zero-order valence-electron chi connectivity index (χ0n) is 16.1. The Labute approximate surface area is 159 Å².